The zero-order chi connectivity index (χ0) is 24.2. The third-order valence-corrected chi connectivity index (χ3v) is 8.20. The van der Waals surface area contributed by atoms with Crippen LogP contribution in [-0.2, 0) is 9.53 Å². The fraction of sp³-hybridized carbons (Fsp3) is 0.250. The molecule has 0 bridgehead atoms. The Balaban J connectivity index is 1.55. The molecule has 0 radical (unpaired) electrons. The summed E-state index contributed by atoms with van der Waals surface area (Å²) in [5, 5.41) is 6.97. The third kappa shape index (κ3) is 4.94. The van der Waals surface area contributed by atoms with Crippen LogP contribution >= 0.6 is 34.4 Å². The van der Waals surface area contributed by atoms with E-state index in [1.165, 1.54) is 34.3 Å². The number of thiophene rings is 2. The van der Waals surface area contributed by atoms with Crippen molar-refractivity contribution in [2.24, 2.45) is 0 Å². The van der Waals surface area contributed by atoms with Gasteiger partial charge in [0.05, 0.1) is 19.5 Å². The molecule has 0 unspecified atom stereocenters. The molecule has 1 aromatic carbocycles. The van der Waals surface area contributed by atoms with Crippen LogP contribution in [0.3, 0.4) is 0 Å². The van der Waals surface area contributed by atoms with Gasteiger partial charge in [0.2, 0.25) is 5.91 Å². The lowest BCUT2D eigenvalue weighted by Crippen LogP contribution is -2.16. The maximum atomic E-state index is 12.8. The van der Waals surface area contributed by atoms with Gasteiger partial charge < -0.3 is 14.8 Å². The number of fused-ring (bicyclic) bond motifs is 1. The average Bonchev–Trinajstić information content (AvgIpc) is 3.38. The Hall–Kier alpha value is -2.95. The topological polar surface area (TPSA) is 90.4 Å². The van der Waals surface area contributed by atoms with Crippen LogP contribution in [0, 0.1) is 13.8 Å². The molecule has 0 aliphatic rings. The molecule has 0 saturated heterocycles. The molecule has 0 fully saturated rings. The third-order valence-electron chi connectivity index (χ3n) is 5.20. The Morgan fingerprint density at radius 1 is 1.15 bits per heavy atom. The van der Waals surface area contributed by atoms with Gasteiger partial charge in [-0.15, -0.1) is 22.7 Å². The summed E-state index contributed by atoms with van der Waals surface area (Å²) in [7, 11) is 1.60. The lowest BCUT2D eigenvalue weighted by Gasteiger charge is -2.09. The SMILES string of the molecule is CCOC(=O)c1c(-c2ccc(OC)cc2)csc1NC(=O)CSc1ncnc2sc(C)c(C)c12. The van der Waals surface area contributed by atoms with Gasteiger partial charge in [-0.25, -0.2) is 14.8 Å². The molecule has 3 heterocycles. The second kappa shape index (κ2) is 10.5. The summed E-state index contributed by atoms with van der Waals surface area (Å²) in [6, 6.07) is 7.40. The smallest absolute Gasteiger partial charge is 0.341 e. The molecule has 0 spiro atoms. The van der Waals surface area contributed by atoms with Crippen molar-refractivity contribution in [1.82, 2.24) is 9.97 Å². The molecule has 4 rings (SSSR count). The molecular formula is C24H23N3O4S3. The van der Waals surface area contributed by atoms with E-state index in [1.54, 1.807) is 25.4 Å². The van der Waals surface area contributed by atoms with Crippen molar-refractivity contribution in [2.75, 3.05) is 24.8 Å². The Bertz CT molecular complexity index is 1350. The molecule has 0 aliphatic heterocycles. The van der Waals surface area contributed by atoms with E-state index >= 15 is 0 Å². The zero-order valence-electron chi connectivity index (χ0n) is 19.1. The lowest BCUT2D eigenvalue weighted by molar-refractivity contribution is -0.113. The van der Waals surface area contributed by atoms with Gasteiger partial charge in [-0.2, -0.15) is 0 Å². The highest BCUT2D eigenvalue weighted by molar-refractivity contribution is 8.00. The van der Waals surface area contributed by atoms with E-state index in [4.69, 9.17) is 9.47 Å². The predicted octanol–water partition coefficient (Wildman–Crippen LogP) is 5.95. The highest BCUT2D eigenvalue weighted by atomic mass is 32.2. The van der Waals surface area contributed by atoms with Crippen LogP contribution in [0.1, 0.15) is 27.7 Å². The number of rotatable bonds is 8. The van der Waals surface area contributed by atoms with Crippen molar-refractivity contribution in [3.8, 4) is 16.9 Å². The van der Waals surface area contributed by atoms with Crippen LogP contribution in [0.5, 0.6) is 5.75 Å². The molecule has 3 aromatic heterocycles. The van der Waals surface area contributed by atoms with Crippen LogP contribution < -0.4 is 10.1 Å². The van der Waals surface area contributed by atoms with Gasteiger partial charge in [-0.3, -0.25) is 4.79 Å². The summed E-state index contributed by atoms with van der Waals surface area (Å²) in [5.41, 5.74) is 3.03. The summed E-state index contributed by atoms with van der Waals surface area (Å²) < 4.78 is 10.5. The van der Waals surface area contributed by atoms with Gasteiger partial charge in [-0.1, -0.05) is 23.9 Å². The molecule has 0 saturated carbocycles. The zero-order valence-corrected chi connectivity index (χ0v) is 21.6. The van der Waals surface area contributed by atoms with Crippen molar-refractivity contribution >= 4 is 61.5 Å². The highest BCUT2D eigenvalue weighted by Gasteiger charge is 2.23. The van der Waals surface area contributed by atoms with Gasteiger partial charge in [-0.05, 0) is 44.0 Å². The minimum absolute atomic E-state index is 0.151. The standard InChI is InChI=1S/C24H23N3O4S3/c1-5-31-24(29)20-17(15-6-8-16(30-4)9-7-15)10-32-23(20)27-18(28)11-33-21-19-13(2)14(3)34-22(19)26-12-25-21/h6-10,12H,5,11H2,1-4H3,(H,27,28). The van der Waals surface area contributed by atoms with Gasteiger partial charge in [0.15, 0.2) is 0 Å². The van der Waals surface area contributed by atoms with E-state index in [0.29, 0.717) is 16.1 Å². The molecular weight excluding hydrogens is 490 g/mol. The number of methoxy groups -OCH3 is 1. The number of esters is 1. The molecule has 7 nitrogen and oxygen atoms in total. The molecule has 1 N–H and O–H groups in total. The number of anilines is 1. The Morgan fingerprint density at radius 3 is 2.62 bits per heavy atom. The second-order valence-electron chi connectivity index (χ2n) is 7.28. The van der Waals surface area contributed by atoms with Crippen LogP contribution in [0.2, 0.25) is 0 Å². The number of benzene rings is 1. The Labute approximate surface area is 209 Å². The number of thioether (sulfide) groups is 1. The van der Waals surface area contributed by atoms with Gasteiger partial charge >= 0.3 is 5.97 Å². The Morgan fingerprint density at radius 2 is 1.91 bits per heavy atom. The van der Waals surface area contributed by atoms with Crippen LogP contribution in [0.25, 0.3) is 21.3 Å². The monoisotopic (exact) mass is 513 g/mol. The van der Waals surface area contributed by atoms with Crippen molar-refractivity contribution in [2.45, 2.75) is 25.8 Å². The number of hydrogen-bond acceptors (Lipinski definition) is 9. The van der Waals surface area contributed by atoms with E-state index < -0.39 is 5.97 Å². The first-order valence-corrected chi connectivity index (χ1v) is 13.2. The lowest BCUT2D eigenvalue weighted by atomic mass is 10.0. The van der Waals surface area contributed by atoms with Gasteiger partial charge in [0, 0.05) is 21.2 Å². The number of nitrogens with zero attached hydrogens (tertiary/aromatic N) is 2. The summed E-state index contributed by atoms with van der Waals surface area (Å²) in [6.45, 7) is 6.09. The van der Waals surface area contributed by atoms with E-state index in [9.17, 15) is 9.59 Å². The largest absolute Gasteiger partial charge is 0.497 e. The quantitative estimate of drug-likeness (QED) is 0.177. The summed E-state index contributed by atoms with van der Waals surface area (Å²) in [5.74, 6) is 0.171. The normalized spacial score (nSPS) is 10.9. The van der Waals surface area contributed by atoms with Crippen LogP contribution in [0.15, 0.2) is 41.0 Å². The maximum Gasteiger partial charge on any atom is 0.341 e. The first-order chi connectivity index (χ1) is 16.4. The number of aryl methyl sites for hydroxylation is 2. The number of aromatic nitrogens is 2. The van der Waals surface area contributed by atoms with E-state index in [0.717, 1.165) is 32.1 Å². The second-order valence-corrected chi connectivity index (χ2v) is 10.3. The molecule has 0 atom stereocenters. The number of hydrogen-bond donors (Lipinski definition) is 1. The van der Waals surface area contributed by atoms with Crippen molar-refractivity contribution in [3.63, 3.8) is 0 Å². The molecule has 34 heavy (non-hydrogen) atoms. The van der Waals surface area contributed by atoms with E-state index in [1.807, 2.05) is 36.6 Å². The molecule has 0 aliphatic carbocycles. The fourth-order valence-electron chi connectivity index (χ4n) is 3.39. The van der Waals surface area contributed by atoms with E-state index in [2.05, 4.69) is 22.2 Å². The van der Waals surface area contributed by atoms with Crippen LogP contribution in [-0.4, -0.2) is 41.3 Å². The minimum atomic E-state index is -0.473. The summed E-state index contributed by atoms with van der Waals surface area (Å²) in [4.78, 5) is 36.4. The maximum absolute atomic E-state index is 12.8. The first kappa shape index (κ1) is 24.2. The number of amides is 1. The van der Waals surface area contributed by atoms with Crippen LogP contribution in [0.4, 0.5) is 5.00 Å². The van der Waals surface area contributed by atoms with Crippen molar-refractivity contribution in [1.29, 1.82) is 0 Å². The summed E-state index contributed by atoms with van der Waals surface area (Å²) >= 11 is 4.27. The van der Waals surface area contributed by atoms with Gasteiger partial charge in [0.25, 0.3) is 0 Å². The van der Waals surface area contributed by atoms with Crippen molar-refractivity contribution in [3.05, 3.63) is 52.0 Å². The first-order valence-electron chi connectivity index (χ1n) is 10.5. The minimum Gasteiger partial charge on any atom is -0.497 e. The molecule has 10 heteroatoms. The van der Waals surface area contributed by atoms with Gasteiger partial charge in [0.1, 0.15) is 32.5 Å². The fourth-order valence-corrected chi connectivity index (χ4v) is 6.29. The number of carbonyl (C=O) groups is 2. The number of ether oxygens (including phenoxy) is 2. The molecule has 176 valence electrons. The average molecular weight is 514 g/mol. The van der Waals surface area contributed by atoms with Crippen molar-refractivity contribution < 1.29 is 19.1 Å². The number of nitrogens with one attached hydrogen (secondary N) is 1. The summed E-state index contributed by atoms with van der Waals surface area (Å²) in [6.07, 6.45) is 1.53. The van der Waals surface area contributed by atoms with E-state index in [-0.39, 0.29) is 18.3 Å². The predicted molar refractivity (Wildman–Crippen MR) is 139 cm³/mol. The highest BCUT2D eigenvalue weighted by Crippen LogP contribution is 2.38. The Kier molecular flexibility index (Phi) is 7.50. The molecule has 1 amide bonds. The number of carbonyl (C=O) groups excluding carboxylic acids is 2. The molecule has 4 aromatic rings.